The van der Waals surface area contributed by atoms with E-state index in [4.69, 9.17) is 10.5 Å². The Balaban J connectivity index is 1.77. The van der Waals surface area contributed by atoms with Crippen molar-refractivity contribution < 1.29 is 9.53 Å². The van der Waals surface area contributed by atoms with Crippen LogP contribution in [-0.2, 0) is 4.79 Å². The van der Waals surface area contributed by atoms with Crippen molar-refractivity contribution in [3.8, 4) is 5.75 Å². The summed E-state index contributed by atoms with van der Waals surface area (Å²) in [7, 11) is 0. The molecule has 2 rings (SSSR count). The minimum Gasteiger partial charge on any atom is -0.492 e. The van der Waals surface area contributed by atoms with Gasteiger partial charge in [-0.1, -0.05) is 22.0 Å². The number of likely N-dealkylation sites (tertiary alicyclic amines) is 1. The lowest BCUT2D eigenvalue weighted by Gasteiger charge is -2.16. The van der Waals surface area contributed by atoms with Gasteiger partial charge in [0.15, 0.2) is 0 Å². The molecule has 5 heteroatoms. The van der Waals surface area contributed by atoms with Crippen molar-refractivity contribution in [3.63, 3.8) is 0 Å². The summed E-state index contributed by atoms with van der Waals surface area (Å²) in [5, 5.41) is 0. The highest BCUT2D eigenvalue weighted by molar-refractivity contribution is 9.10. The quantitative estimate of drug-likeness (QED) is 0.899. The second-order valence-electron chi connectivity index (χ2n) is 4.45. The van der Waals surface area contributed by atoms with Gasteiger partial charge in [0.2, 0.25) is 5.91 Å². The van der Waals surface area contributed by atoms with E-state index in [1.54, 1.807) is 0 Å². The topological polar surface area (TPSA) is 55.6 Å². The fourth-order valence-corrected chi connectivity index (χ4v) is 2.44. The molecule has 1 saturated heterocycles. The zero-order valence-electron chi connectivity index (χ0n) is 10.1. The van der Waals surface area contributed by atoms with Crippen molar-refractivity contribution in [3.05, 3.63) is 28.7 Å². The Bertz CT molecular complexity index is 425. The van der Waals surface area contributed by atoms with Crippen molar-refractivity contribution in [2.24, 2.45) is 11.7 Å². The number of carbonyl (C=O) groups is 1. The van der Waals surface area contributed by atoms with Crippen LogP contribution in [0.15, 0.2) is 28.7 Å². The Kier molecular flexibility index (Phi) is 4.60. The van der Waals surface area contributed by atoms with Crippen LogP contribution >= 0.6 is 15.9 Å². The van der Waals surface area contributed by atoms with Gasteiger partial charge in [0.1, 0.15) is 12.4 Å². The molecule has 0 saturated carbocycles. The zero-order valence-corrected chi connectivity index (χ0v) is 11.7. The molecule has 1 aromatic rings. The van der Waals surface area contributed by atoms with Crippen LogP contribution in [-0.4, -0.2) is 37.0 Å². The molecule has 0 spiro atoms. The standard InChI is InChI=1S/C13H17BrN2O2/c14-11-2-1-3-12(7-11)18-5-4-16-9-10(8-15)6-13(16)17/h1-3,7,10H,4-6,8-9,15H2. The molecular formula is C13H17BrN2O2. The molecule has 1 amide bonds. The van der Waals surface area contributed by atoms with Crippen LogP contribution < -0.4 is 10.5 Å². The van der Waals surface area contributed by atoms with Gasteiger partial charge in [-0.05, 0) is 30.7 Å². The lowest BCUT2D eigenvalue weighted by molar-refractivity contribution is -0.128. The minimum absolute atomic E-state index is 0.184. The molecule has 98 valence electrons. The first kappa shape index (κ1) is 13.4. The monoisotopic (exact) mass is 312 g/mol. The summed E-state index contributed by atoms with van der Waals surface area (Å²) < 4.78 is 6.60. The molecule has 1 aliphatic rings. The summed E-state index contributed by atoms with van der Waals surface area (Å²) in [5.41, 5.74) is 5.58. The maximum absolute atomic E-state index is 11.6. The third-order valence-electron chi connectivity index (χ3n) is 3.05. The molecule has 1 heterocycles. The lowest BCUT2D eigenvalue weighted by atomic mass is 10.1. The summed E-state index contributed by atoms with van der Waals surface area (Å²) in [4.78, 5) is 13.5. The summed E-state index contributed by atoms with van der Waals surface area (Å²) >= 11 is 3.39. The highest BCUT2D eigenvalue weighted by Gasteiger charge is 2.27. The Hall–Kier alpha value is -1.07. The van der Waals surface area contributed by atoms with E-state index >= 15 is 0 Å². The van der Waals surface area contributed by atoms with Crippen molar-refractivity contribution in [1.29, 1.82) is 0 Å². The smallest absolute Gasteiger partial charge is 0.223 e. The van der Waals surface area contributed by atoms with Crippen LogP contribution in [0.3, 0.4) is 0 Å². The van der Waals surface area contributed by atoms with Crippen molar-refractivity contribution >= 4 is 21.8 Å². The molecule has 1 aliphatic heterocycles. The Morgan fingerprint density at radius 2 is 2.33 bits per heavy atom. The minimum atomic E-state index is 0.184. The van der Waals surface area contributed by atoms with E-state index in [1.165, 1.54) is 0 Å². The first-order valence-electron chi connectivity index (χ1n) is 6.05. The second-order valence-corrected chi connectivity index (χ2v) is 5.37. The van der Waals surface area contributed by atoms with E-state index in [-0.39, 0.29) is 5.91 Å². The van der Waals surface area contributed by atoms with E-state index < -0.39 is 0 Å². The number of hydrogen-bond acceptors (Lipinski definition) is 3. The fourth-order valence-electron chi connectivity index (χ4n) is 2.06. The van der Waals surface area contributed by atoms with E-state index in [1.807, 2.05) is 29.2 Å². The molecule has 0 aliphatic carbocycles. The van der Waals surface area contributed by atoms with Crippen LogP contribution in [0, 0.1) is 5.92 Å². The predicted molar refractivity (Wildman–Crippen MR) is 73.4 cm³/mol. The SMILES string of the molecule is NCC1CC(=O)N(CCOc2cccc(Br)c2)C1. The van der Waals surface area contributed by atoms with Crippen LogP contribution in [0.4, 0.5) is 0 Å². The maximum atomic E-state index is 11.6. The van der Waals surface area contributed by atoms with Crippen LogP contribution in [0.5, 0.6) is 5.75 Å². The molecule has 1 unspecified atom stereocenters. The molecule has 0 radical (unpaired) electrons. The van der Waals surface area contributed by atoms with Crippen molar-refractivity contribution in [2.75, 3.05) is 26.2 Å². The van der Waals surface area contributed by atoms with E-state index in [2.05, 4.69) is 15.9 Å². The maximum Gasteiger partial charge on any atom is 0.223 e. The number of nitrogens with two attached hydrogens (primary N) is 1. The number of benzene rings is 1. The number of ether oxygens (including phenoxy) is 1. The summed E-state index contributed by atoms with van der Waals surface area (Å²) in [6, 6.07) is 7.68. The number of amides is 1. The van der Waals surface area contributed by atoms with E-state index in [0.29, 0.717) is 32.0 Å². The highest BCUT2D eigenvalue weighted by atomic mass is 79.9. The molecule has 0 bridgehead atoms. The van der Waals surface area contributed by atoms with Crippen molar-refractivity contribution in [2.45, 2.75) is 6.42 Å². The van der Waals surface area contributed by atoms with Crippen molar-refractivity contribution in [1.82, 2.24) is 4.90 Å². The van der Waals surface area contributed by atoms with Gasteiger partial charge in [-0.15, -0.1) is 0 Å². The van der Waals surface area contributed by atoms with Crippen LogP contribution in [0.25, 0.3) is 0 Å². The number of rotatable bonds is 5. The second kappa shape index (κ2) is 6.20. The molecule has 1 fully saturated rings. The highest BCUT2D eigenvalue weighted by Crippen LogP contribution is 2.19. The molecule has 1 aromatic carbocycles. The van der Waals surface area contributed by atoms with Gasteiger partial charge in [0.25, 0.3) is 0 Å². The average molecular weight is 313 g/mol. The fraction of sp³-hybridized carbons (Fsp3) is 0.462. The van der Waals surface area contributed by atoms with Crippen LogP contribution in [0.1, 0.15) is 6.42 Å². The van der Waals surface area contributed by atoms with Gasteiger partial charge in [-0.2, -0.15) is 0 Å². The normalized spacial score (nSPS) is 19.3. The summed E-state index contributed by atoms with van der Waals surface area (Å²) in [6.45, 7) is 2.48. The van der Waals surface area contributed by atoms with Gasteiger partial charge in [-0.25, -0.2) is 0 Å². The molecule has 2 N–H and O–H groups in total. The third-order valence-corrected chi connectivity index (χ3v) is 3.55. The molecule has 4 nitrogen and oxygen atoms in total. The predicted octanol–water partition coefficient (Wildman–Crippen LogP) is 1.64. The van der Waals surface area contributed by atoms with E-state index in [9.17, 15) is 4.79 Å². The molecular weight excluding hydrogens is 296 g/mol. The number of halogens is 1. The van der Waals surface area contributed by atoms with Gasteiger partial charge in [-0.3, -0.25) is 4.79 Å². The lowest BCUT2D eigenvalue weighted by Crippen LogP contribution is -2.30. The Labute approximate surface area is 115 Å². The largest absolute Gasteiger partial charge is 0.492 e. The molecule has 18 heavy (non-hydrogen) atoms. The first-order valence-corrected chi connectivity index (χ1v) is 6.84. The molecule has 1 atom stereocenters. The summed E-state index contributed by atoms with van der Waals surface area (Å²) in [5.74, 6) is 1.30. The number of nitrogens with zero attached hydrogens (tertiary/aromatic N) is 1. The van der Waals surface area contributed by atoms with Gasteiger partial charge in [0, 0.05) is 17.4 Å². The number of hydrogen-bond donors (Lipinski definition) is 1. The third kappa shape index (κ3) is 3.46. The van der Waals surface area contributed by atoms with E-state index in [0.717, 1.165) is 16.8 Å². The average Bonchev–Trinajstić information content (AvgIpc) is 2.71. The molecule has 0 aromatic heterocycles. The van der Waals surface area contributed by atoms with Gasteiger partial charge < -0.3 is 15.4 Å². The van der Waals surface area contributed by atoms with Crippen LogP contribution in [0.2, 0.25) is 0 Å². The Morgan fingerprint density at radius 1 is 1.50 bits per heavy atom. The zero-order chi connectivity index (χ0) is 13.0. The summed E-state index contributed by atoms with van der Waals surface area (Å²) in [6.07, 6.45) is 0.577. The van der Waals surface area contributed by atoms with Gasteiger partial charge in [0.05, 0.1) is 6.54 Å². The Morgan fingerprint density at radius 3 is 3.00 bits per heavy atom. The first-order chi connectivity index (χ1) is 8.69. The number of carbonyl (C=O) groups excluding carboxylic acids is 1. The van der Waals surface area contributed by atoms with Gasteiger partial charge >= 0.3 is 0 Å².